The normalized spacial score (nSPS) is 41.3. The number of fused-ring (bicyclic) bond motifs is 6. The first kappa shape index (κ1) is 17.9. The maximum absolute atomic E-state index is 10.2. The third-order valence-corrected chi connectivity index (χ3v) is 9.33. The first-order chi connectivity index (χ1) is 14.0. The van der Waals surface area contributed by atoms with Crippen molar-refractivity contribution in [1.29, 1.82) is 0 Å². The van der Waals surface area contributed by atoms with Crippen LogP contribution < -0.4 is 0 Å². The van der Waals surface area contributed by atoms with Gasteiger partial charge in [0.15, 0.2) is 0 Å². The molecular formula is C26H32N2O. The van der Waals surface area contributed by atoms with Crippen molar-refractivity contribution in [1.82, 2.24) is 9.55 Å². The zero-order valence-corrected chi connectivity index (χ0v) is 17.6. The lowest BCUT2D eigenvalue weighted by molar-refractivity contribution is -0.0249. The fraction of sp³-hybridized carbons (Fsp3) is 0.577. The molecule has 0 aliphatic heterocycles. The maximum atomic E-state index is 10.2. The van der Waals surface area contributed by atoms with E-state index in [0.29, 0.717) is 5.41 Å². The van der Waals surface area contributed by atoms with Crippen molar-refractivity contribution in [3.05, 3.63) is 48.3 Å². The second-order valence-electron chi connectivity index (χ2n) is 10.5. The van der Waals surface area contributed by atoms with Crippen LogP contribution >= 0.6 is 0 Å². The highest BCUT2D eigenvalue weighted by Gasteiger charge is 2.57. The number of allylic oxidation sites excluding steroid dienone is 3. The molecule has 4 aliphatic carbocycles. The Balaban J connectivity index is 1.36. The predicted octanol–water partition coefficient (Wildman–Crippen LogP) is 5.81. The van der Waals surface area contributed by atoms with Crippen molar-refractivity contribution in [3.63, 3.8) is 0 Å². The molecule has 1 aromatic carbocycles. The molecule has 152 valence electrons. The molecule has 3 heteroatoms. The molecule has 2 saturated carbocycles. The fourth-order valence-electron chi connectivity index (χ4n) is 7.71. The molecule has 6 unspecified atom stereocenters. The number of aliphatic hydroxyl groups excluding tert-OH is 1. The van der Waals surface area contributed by atoms with E-state index in [0.717, 1.165) is 42.5 Å². The molecule has 1 aromatic heterocycles. The van der Waals surface area contributed by atoms with Crippen LogP contribution in [0.2, 0.25) is 0 Å². The monoisotopic (exact) mass is 388 g/mol. The minimum atomic E-state index is -0.117. The largest absolute Gasteiger partial charge is 0.393 e. The fourth-order valence-corrected chi connectivity index (χ4v) is 7.71. The van der Waals surface area contributed by atoms with E-state index < -0.39 is 0 Å². The Hall–Kier alpha value is -1.87. The average molecular weight is 389 g/mol. The summed E-state index contributed by atoms with van der Waals surface area (Å²) in [4.78, 5) is 4.67. The number of para-hydroxylation sites is 2. The van der Waals surface area contributed by atoms with Crippen molar-refractivity contribution in [2.45, 2.75) is 64.9 Å². The van der Waals surface area contributed by atoms with E-state index in [2.05, 4.69) is 59.8 Å². The summed E-state index contributed by atoms with van der Waals surface area (Å²) in [6, 6.07) is 8.52. The van der Waals surface area contributed by atoms with Crippen LogP contribution in [0.25, 0.3) is 16.7 Å². The van der Waals surface area contributed by atoms with Gasteiger partial charge in [0.1, 0.15) is 6.33 Å². The summed E-state index contributed by atoms with van der Waals surface area (Å²) in [5.41, 5.74) is 5.92. The van der Waals surface area contributed by atoms with Crippen molar-refractivity contribution in [2.75, 3.05) is 0 Å². The second-order valence-corrected chi connectivity index (χ2v) is 10.5. The van der Waals surface area contributed by atoms with Gasteiger partial charge in [0.05, 0.1) is 17.1 Å². The Morgan fingerprint density at radius 1 is 1.00 bits per heavy atom. The molecule has 0 spiro atoms. The number of aliphatic hydroxyl groups is 1. The van der Waals surface area contributed by atoms with Gasteiger partial charge in [-0.15, -0.1) is 0 Å². The van der Waals surface area contributed by atoms with Crippen LogP contribution in [0.4, 0.5) is 0 Å². The molecule has 0 radical (unpaired) electrons. The first-order valence-electron chi connectivity index (χ1n) is 11.5. The number of benzene rings is 1. The van der Waals surface area contributed by atoms with Crippen molar-refractivity contribution >= 4 is 16.7 Å². The van der Waals surface area contributed by atoms with Gasteiger partial charge in [0.25, 0.3) is 0 Å². The molecule has 6 atom stereocenters. The van der Waals surface area contributed by atoms with Gasteiger partial charge in [0.2, 0.25) is 0 Å². The molecule has 4 aliphatic rings. The summed E-state index contributed by atoms with van der Waals surface area (Å²) in [5.74, 6) is 2.26. The quantitative estimate of drug-likeness (QED) is 0.626. The highest BCUT2D eigenvalue weighted by atomic mass is 16.3. The number of imidazole rings is 1. The van der Waals surface area contributed by atoms with Crippen molar-refractivity contribution in [3.8, 4) is 0 Å². The van der Waals surface area contributed by atoms with Crippen LogP contribution in [0.1, 0.15) is 58.8 Å². The van der Waals surface area contributed by atoms with Gasteiger partial charge < -0.3 is 9.67 Å². The van der Waals surface area contributed by atoms with E-state index in [1.54, 1.807) is 5.57 Å². The Bertz CT molecular complexity index is 1030. The zero-order chi connectivity index (χ0) is 19.8. The van der Waals surface area contributed by atoms with E-state index in [1.165, 1.54) is 36.9 Å². The number of hydrogen-bond donors (Lipinski definition) is 1. The summed E-state index contributed by atoms with van der Waals surface area (Å²) in [6.45, 7) is 5.03. The molecule has 0 bridgehead atoms. The van der Waals surface area contributed by atoms with Crippen LogP contribution in [-0.2, 0) is 0 Å². The summed E-state index contributed by atoms with van der Waals surface area (Å²) in [7, 11) is 0. The van der Waals surface area contributed by atoms with Crippen LogP contribution in [0.3, 0.4) is 0 Å². The molecule has 29 heavy (non-hydrogen) atoms. The van der Waals surface area contributed by atoms with E-state index >= 15 is 0 Å². The number of hydrogen-bond acceptors (Lipinski definition) is 2. The number of rotatable bonds is 1. The molecule has 6 rings (SSSR count). The standard InChI is InChI=1S/C26H32N2O/c1-25-13-11-18(29)15-17(25)7-8-19-20-9-10-24(26(20,2)14-12-21(19)25)28-16-27-22-5-3-4-6-23(22)28/h3-7,10,16,18-21,29H,8-9,11-15H2,1-2H3. The molecule has 3 nitrogen and oxygen atoms in total. The molecular weight excluding hydrogens is 356 g/mol. The van der Waals surface area contributed by atoms with Crippen LogP contribution in [0.5, 0.6) is 0 Å². The van der Waals surface area contributed by atoms with Crippen LogP contribution in [0, 0.1) is 28.6 Å². The third-order valence-electron chi connectivity index (χ3n) is 9.33. The van der Waals surface area contributed by atoms with Gasteiger partial charge in [-0.1, -0.05) is 43.7 Å². The van der Waals surface area contributed by atoms with Gasteiger partial charge in [-0.3, -0.25) is 0 Å². The lowest BCUT2D eigenvalue weighted by atomic mass is 9.48. The Morgan fingerprint density at radius 3 is 2.72 bits per heavy atom. The summed E-state index contributed by atoms with van der Waals surface area (Å²) in [6.07, 6.45) is 15.0. The number of aromatic nitrogens is 2. The van der Waals surface area contributed by atoms with Gasteiger partial charge in [-0.05, 0) is 80.2 Å². The first-order valence-corrected chi connectivity index (χ1v) is 11.5. The highest BCUT2D eigenvalue weighted by Crippen LogP contribution is 2.65. The van der Waals surface area contributed by atoms with Crippen molar-refractivity contribution in [2.24, 2.45) is 28.6 Å². The van der Waals surface area contributed by atoms with Gasteiger partial charge in [0, 0.05) is 11.1 Å². The van der Waals surface area contributed by atoms with Crippen molar-refractivity contribution < 1.29 is 5.11 Å². The topological polar surface area (TPSA) is 38.0 Å². The van der Waals surface area contributed by atoms with Gasteiger partial charge >= 0.3 is 0 Å². The lowest BCUT2D eigenvalue weighted by Crippen LogP contribution is -2.50. The maximum Gasteiger partial charge on any atom is 0.100 e. The summed E-state index contributed by atoms with van der Waals surface area (Å²) in [5, 5.41) is 10.2. The predicted molar refractivity (Wildman–Crippen MR) is 117 cm³/mol. The Labute approximate surface area is 173 Å². The second kappa shape index (κ2) is 6.07. The molecule has 2 fully saturated rings. The summed E-state index contributed by atoms with van der Waals surface area (Å²) >= 11 is 0. The molecule has 0 amide bonds. The number of nitrogens with zero attached hydrogens (tertiary/aromatic N) is 2. The highest BCUT2D eigenvalue weighted by molar-refractivity contribution is 5.80. The minimum Gasteiger partial charge on any atom is -0.393 e. The van der Waals surface area contributed by atoms with Gasteiger partial charge in [-0.2, -0.15) is 0 Å². The smallest absolute Gasteiger partial charge is 0.100 e. The summed E-state index contributed by atoms with van der Waals surface area (Å²) < 4.78 is 2.37. The van der Waals surface area contributed by atoms with E-state index in [-0.39, 0.29) is 11.5 Å². The molecule has 1 heterocycles. The van der Waals surface area contributed by atoms with E-state index in [9.17, 15) is 5.11 Å². The van der Waals surface area contributed by atoms with Crippen LogP contribution in [-0.4, -0.2) is 20.8 Å². The lowest BCUT2D eigenvalue weighted by Gasteiger charge is -2.57. The SMILES string of the molecule is CC12CCC(O)CC1=CCC1C2CCC2(C)C(n3cnc4ccccc43)=CCC12. The third kappa shape index (κ3) is 2.37. The molecule has 1 N–H and O–H groups in total. The molecule has 0 saturated heterocycles. The van der Waals surface area contributed by atoms with E-state index in [4.69, 9.17) is 0 Å². The Morgan fingerprint density at radius 2 is 1.83 bits per heavy atom. The van der Waals surface area contributed by atoms with E-state index in [1.807, 2.05) is 6.33 Å². The Kier molecular flexibility index (Phi) is 3.76. The molecule has 2 aromatic rings. The van der Waals surface area contributed by atoms with Gasteiger partial charge in [-0.25, -0.2) is 4.98 Å². The van der Waals surface area contributed by atoms with Crippen LogP contribution in [0.15, 0.2) is 48.3 Å². The zero-order valence-electron chi connectivity index (χ0n) is 17.6. The average Bonchev–Trinajstić information content (AvgIpc) is 3.29. The minimum absolute atomic E-state index is 0.117.